The van der Waals surface area contributed by atoms with E-state index in [4.69, 9.17) is 4.74 Å². The van der Waals surface area contributed by atoms with E-state index >= 15 is 0 Å². The van der Waals surface area contributed by atoms with E-state index in [1.807, 2.05) is 13.8 Å². The summed E-state index contributed by atoms with van der Waals surface area (Å²) in [6.45, 7) is 7.61. The highest BCUT2D eigenvalue weighted by molar-refractivity contribution is 5.80. The molecular formula is C18H28FN3O2. The Kier molecular flexibility index (Phi) is 7.46. The van der Waals surface area contributed by atoms with Crippen LogP contribution in [0.3, 0.4) is 0 Å². The van der Waals surface area contributed by atoms with Gasteiger partial charge >= 0.3 is 0 Å². The quantitative estimate of drug-likeness (QED) is 0.618. The zero-order chi connectivity index (χ0) is 17.4. The van der Waals surface area contributed by atoms with Crippen molar-refractivity contribution in [2.24, 2.45) is 4.99 Å². The molecule has 0 saturated carbocycles. The molecule has 2 N–H and O–H groups in total. The number of likely N-dealkylation sites (tertiary alicyclic amines) is 1. The van der Waals surface area contributed by atoms with E-state index in [1.165, 1.54) is 12.1 Å². The number of hydrogen-bond acceptors (Lipinski definition) is 3. The van der Waals surface area contributed by atoms with Gasteiger partial charge in [0, 0.05) is 26.2 Å². The van der Waals surface area contributed by atoms with Crippen LogP contribution < -0.4 is 5.32 Å². The summed E-state index contributed by atoms with van der Waals surface area (Å²) in [7, 11) is 0. The molecule has 0 radical (unpaired) electrons. The Morgan fingerprint density at radius 3 is 2.58 bits per heavy atom. The number of rotatable bonds is 6. The van der Waals surface area contributed by atoms with Crippen LogP contribution in [-0.2, 0) is 4.74 Å². The SMILES string of the molecule is CCNC(=NCC(O)c1ccc(F)cc1)N1CCC(OCC)CC1. The fraction of sp³-hybridized carbons (Fsp3) is 0.611. The molecule has 2 rings (SSSR count). The first-order valence-electron chi connectivity index (χ1n) is 8.72. The predicted molar refractivity (Wildman–Crippen MR) is 93.6 cm³/mol. The lowest BCUT2D eigenvalue weighted by Gasteiger charge is -2.34. The number of nitrogens with one attached hydrogen (secondary N) is 1. The number of halogens is 1. The lowest BCUT2D eigenvalue weighted by atomic mass is 10.1. The van der Waals surface area contributed by atoms with Crippen molar-refractivity contribution in [1.82, 2.24) is 10.2 Å². The number of benzene rings is 1. The number of hydrogen-bond donors (Lipinski definition) is 2. The predicted octanol–water partition coefficient (Wildman–Crippen LogP) is 2.33. The molecule has 5 nitrogen and oxygen atoms in total. The second kappa shape index (κ2) is 9.59. The Morgan fingerprint density at radius 2 is 2.00 bits per heavy atom. The van der Waals surface area contributed by atoms with Crippen LogP contribution in [-0.4, -0.2) is 54.9 Å². The van der Waals surface area contributed by atoms with Gasteiger partial charge in [-0.3, -0.25) is 4.99 Å². The number of nitrogens with zero attached hydrogens (tertiary/aromatic N) is 2. The molecule has 0 aliphatic carbocycles. The number of aliphatic hydroxyl groups is 1. The second-order valence-electron chi connectivity index (χ2n) is 5.90. The van der Waals surface area contributed by atoms with E-state index in [-0.39, 0.29) is 12.4 Å². The Bertz CT molecular complexity index is 514. The molecule has 1 aliphatic heterocycles. The highest BCUT2D eigenvalue weighted by Crippen LogP contribution is 2.16. The van der Waals surface area contributed by atoms with Gasteiger partial charge in [0.15, 0.2) is 5.96 Å². The van der Waals surface area contributed by atoms with Crippen LogP contribution in [0, 0.1) is 5.82 Å². The van der Waals surface area contributed by atoms with Gasteiger partial charge in [-0.05, 0) is 44.4 Å². The largest absolute Gasteiger partial charge is 0.386 e. The minimum atomic E-state index is -0.736. The van der Waals surface area contributed by atoms with Crippen LogP contribution in [0.4, 0.5) is 4.39 Å². The van der Waals surface area contributed by atoms with E-state index in [1.54, 1.807) is 12.1 Å². The molecule has 1 aromatic rings. The summed E-state index contributed by atoms with van der Waals surface area (Å²) in [6.07, 6.45) is 1.57. The highest BCUT2D eigenvalue weighted by Gasteiger charge is 2.21. The van der Waals surface area contributed by atoms with Gasteiger partial charge in [0.05, 0.1) is 18.8 Å². The average molecular weight is 337 g/mol. The minimum Gasteiger partial charge on any atom is -0.386 e. The molecule has 1 saturated heterocycles. The summed E-state index contributed by atoms with van der Waals surface area (Å²) in [5.74, 6) is 0.508. The first-order chi connectivity index (χ1) is 11.6. The molecule has 1 heterocycles. The monoisotopic (exact) mass is 337 g/mol. The minimum absolute atomic E-state index is 0.249. The molecule has 0 bridgehead atoms. The summed E-state index contributed by atoms with van der Waals surface area (Å²) in [6, 6.07) is 5.89. The van der Waals surface area contributed by atoms with Crippen LogP contribution >= 0.6 is 0 Å². The van der Waals surface area contributed by atoms with Crippen molar-refractivity contribution in [2.45, 2.75) is 38.9 Å². The van der Waals surface area contributed by atoms with Crippen LogP contribution in [0.5, 0.6) is 0 Å². The third-order valence-electron chi connectivity index (χ3n) is 4.15. The molecule has 0 aromatic heterocycles. The van der Waals surface area contributed by atoms with Crippen molar-refractivity contribution in [3.05, 3.63) is 35.6 Å². The summed E-state index contributed by atoms with van der Waals surface area (Å²) in [5.41, 5.74) is 0.672. The maximum atomic E-state index is 13.0. The standard InChI is InChI=1S/C18H28FN3O2/c1-3-20-18(22-11-9-16(10-12-22)24-4-2)21-13-17(23)14-5-7-15(19)8-6-14/h5-8,16-17,23H,3-4,9-13H2,1-2H3,(H,20,21). The van der Waals surface area contributed by atoms with Crippen molar-refractivity contribution in [1.29, 1.82) is 0 Å². The molecule has 1 aromatic carbocycles. The van der Waals surface area contributed by atoms with E-state index in [0.29, 0.717) is 11.7 Å². The zero-order valence-electron chi connectivity index (χ0n) is 14.5. The highest BCUT2D eigenvalue weighted by atomic mass is 19.1. The molecule has 6 heteroatoms. The van der Waals surface area contributed by atoms with Gasteiger partial charge in [-0.1, -0.05) is 12.1 Å². The van der Waals surface area contributed by atoms with Crippen molar-refractivity contribution < 1.29 is 14.2 Å². The Morgan fingerprint density at radius 1 is 1.33 bits per heavy atom. The van der Waals surface area contributed by atoms with Gasteiger partial charge in [0.1, 0.15) is 5.82 Å². The van der Waals surface area contributed by atoms with Crippen LogP contribution in [0.25, 0.3) is 0 Å². The third kappa shape index (κ3) is 5.46. The van der Waals surface area contributed by atoms with Gasteiger partial charge in [0.25, 0.3) is 0 Å². The lowest BCUT2D eigenvalue weighted by Crippen LogP contribution is -2.47. The number of ether oxygens (including phenoxy) is 1. The molecule has 0 spiro atoms. The summed E-state index contributed by atoms with van der Waals surface area (Å²) < 4.78 is 18.6. The van der Waals surface area contributed by atoms with E-state index in [0.717, 1.165) is 45.0 Å². The Labute approximate surface area is 143 Å². The van der Waals surface area contributed by atoms with Gasteiger partial charge in [-0.2, -0.15) is 0 Å². The van der Waals surface area contributed by atoms with Crippen molar-refractivity contribution in [3.63, 3.8) is 0 Å². The van der Waals surface area contributed by atoms with Crippen LogP contribution in [0.2, 0.25) is 0 Å². The molecule has 0 amide bonds. The number of aliphatic imine (C=N–C) groups is 1. The summed E-state index contributed by atoms with van der Waals surface area (Å²) in [4.78, 5) is 6.76. The van der Waals surface area contributed by atoms with Crippen LogP contribution in [0.1, 0.15) is 38.4 Å². The number of aliphatic hydroxyl groups excluding tert-OH is 1. The molecule has 134 valence electrons. The third-order valence-corrected chi connectivity index (χ3v) is 4.15. The zero-order valence-corrected chi connectivity index (χ0v) is 14.5. The smallest absolute Gasteiger partial charge is 0.194 e. The molecule has 24 heavy (non-hydrogen) atoms. The molecule has 1 aliphatic rings. The summed E-state index contributed by atoms with van der Waals surface area (Å²) >= 11 is 0. The summed E-state index contributed by atoms with van der Waals surface area (Å²) in [5, 5.41) is 13.5. The van der Waals surface area contributed by atoms with Gasteiger partial charge in [-0.15, -0.1) is 0 Å². The fourth-order valence-corrected chi connectivity index (χ4v) is 2.86. The average Bonchev–Trinajstić information content (AvgIpc) is 2.60. The Balaban J connectivity index is 1.94. The first-order valence-corrected chi connectivity index (χ1v) is 8.72. The topological polar surface area (TPSA) is 57.1 Å². The van der Waals surface area contributed by atoms with E-state index in [9.17, 15) is 9.50 Å². The second-order valence-corrected chi connectivity index (χ2v) is 5.90. The van der Waals surface area contributed by atoms with Gasteiger partial charge in [-0.25, -0.2) is 4.39 Å². The van der Waals surface area contributed by atoms with Crippen molar-refractivity contribution in [2.75, 3.05) is 32.8 Å². The van der Waals surface area contributed by atoms with Crippen LogP contribution in [0.15, 0.2) is 29.3 Å². The first kappa shape index (κ1) is 18.7. The van der Waals surface area contributed by atoms with E-state index in [2.05, 4.69) is 15.2 Å². The number of guanidine groups is 1. The maximum Gasteiger partial charge on any atom is 0.194 e. The van der Waals surface area contributed by atoms with Crippen molar-refractivity contribution >= 4 is 5.96 Å². The van der Waals surface area contributed by atoms with Gasteiger partial charge in [0.2, 0.25) is 0 Å². The number of piperidine rings is 1. The molecule has 1 unspecified atom stereocenters. The fourth-order valence-electron chi connectivity index (χ4n) is 2.86. The van der Waals surface area contributed by atoms with Gasteiger partial charge < -0.3 is 20.1 Å². The molecular weight excluding hydrogens is 309 g/mol. The molecule has 1 atom stereocenters. The molecule has 1 fully saturated rings. The van der Waals surface area contributed by atoms with Crippen molar-refractivity contribution in [3.8, 4) is 0 Å². The lowest BCUT2D eigenvalue weighted by molar-refractivity contribution is 0.0263. The normalized spacial score (nSPS) is 17.8. The Hall–Kier alpha value is -1.66. The van der Waals surface area contributed by atoms with E-state index < -0.39 is 6.10 Å². The maximum absolute atomic E-state index is 13.0.